The molecule has 0 saturated heterocycles. The molecule has 90 valence electrons. The molecule has 4 heteroatoms. The van der Waals surface area contributed by atoms with Gasteiger partial charge < -0.3 is 9.73 Å². The van der Waals surface area contributed by atoms with Gasteiger partial charge in [-0.15, -0.1) is 0 Å². The first-order chi connectivity index (χ1) is 8.16. The van der Waals surface area contributed by atoms with Crippen molar-refractivity contribution in [2.75, 3.05) is 0 Å². The highest BCUT2D eigenvalue weighted by atomic mass is 16.4. The monoisotopic (exact) mass is 231 g/mol. The van der Waals surface area contributed by atoms with Crippen LogP contribution in [0.25, 0.3) is 0 Å². The van der Waals surface area contributed by atoms with Crippen molar-refractivity contribution in [3.05, 3.63) is 46.9 Å². The molecule has 0 radical (unpaired) electrons. The third kappa shape index (κ3) is 2.91. The Balaban J connectivity index is 1.90. The summed E-state index contributed by atoms with van der Waals surface area (Å²) in [5.41, 5.74) is 3.40. The summed E-state index contributed by atoms with van der Waals surface area (Å²) >= 11 is 0. The van der Waals surface area contributed by atoms with Crippen LogP contribution in [0.3, 0.4) is 0 Å². The molecule has 0 aliphatic heterocycles. The summed E-state index contributed by atoms with van der Waals surface area (Å²) in [6.45, 7) is 7.39. The van der Waals surface area contributed by atoms with Crippen LogP contribution in [0.15, 0.2) is 22.9 Å². The first kappa shape index (κ1) is 11.8. The molecule has 0 aliphatic rings. The maximum absolute atomic E-state index is 5.50. The van der Waals surface area contributed by atoms with Crippen molar-refractivity contribution in [2.45, 2.75) is 33.9 Å². The second-order valence-corrected chi connectivity index (χ2v) is 4.15. The van der Waals surface area contributed by atoms with Crippen LogP contribution < -0.4 is 5.32 Å². The van der Waals surface area contributed by atoms with Gasteiger partial charge in [0.05, 0.1) is 12.2 Å². The molecule has 17 heavy (non-hydrogen) atoms. The normalized spacial score (nSPS) is 10.8. The summed E-state index contributed by atoms with van der Waals surface area (Å²) in [7, 11) is 0. The number of rotatable bonds is 4. The van der Waals surface area contributed by atoms with Gasteiger partial charge in [-0.3, -0.25) is 4.98 Å². The van der Waals surface area contributed by atoms with E-state index in [1.807, 2.05) is 32.3 Å². The van der Waals surface area contributed by atoms with Crippen molar-refractivity contribution in [3.63, 3.8) is 0 Å². The van der Waals surface area contributed by atoms with Gasteiger partial charge >= 0.3 is 0 Å². The highest BCUT2D eigenvalue weighted by Crippen LogP contribution is 2.09. The van der Waals surface area contributed by atoms with Gasteiger partial charge in [-0.1, -0.05) is 0 Å². The SMILES string of the molecule is Cc1cnccc1CNCc1nc(C)c(C)o1. The third-order valence-electron chi connectivity index (χ3n) is 2.80. The van der Waals surface area contributed by atoms with Gasteiger partial charge in [0.25, 0.3) is 0 Å². The Morgan fingerprint density at radius 1 is 1.24 bits per heavy atom. The van der Waals surface area contributed by atoms with E-state index >= 15 is 0 Å². The molecule has 0 fully saturated rings. The van der Waals surface area contributed by atoms with Crippen LogP contribution in [0.1, 0.15) is 28.5 Å². The van der Waals surface area contributed by atoms with Crippen LogP contribution in [-0.4, -0.2) is 9.97 Å². The lowest BCUT2D eigenvalue weighted by Gasteiger charge is -2.05. The molecule has 0 saturated carbocycles. The quantitative estimate of drug-likeness (QED) is 0.877. The second-order valence-electron chi connectivity index (χ2n) is 4.15. The fraction of sp³-hybridized carbons (Fsp3) is 0.385. The van der Waals surface area contributed by atoms with Gasteiger partial charge in [-0.05, 0) is 38.0 Å². The van der Waals surface area contributed by atoms with Crippen molar-refractivity contribution >= 4 is 0 Å². The molecule has 0 atom stereocenters. The molecule has 0 bridgehead atoms. The molecule has 2 aromatic rings. The number of aryl methyl sites for hydroxylation is 3. The van der Waals surface area contributed by atoms with Crippen LogP contribution in [-0.2, 0) is 13.1 Å². The Morgan fingerprint density at radius 2 is 2.06 bits per heavy atom. The summed E-state index contributed by atoms with van der Waals surface area (Å²) in [4.78, 5) is 8.39. The summed E-state index contributed by atoms with van der Waals surface area (Å²) in [5.74, 6) is 1.63. The van der Waals surface area contributed by atoms with Crippen LogP contribution in [0, 0.1) is 20.8 Å². The smallest absolute Gasteiger partial charge is 0.208 e. The van der Waals surface area contributed by atoms with E-state index in [1.165, 1.54) is 11.1 Å². The number of aromatic nitrogens is 2. The molecule has 0 aromatic carbocycles. The molecule has 0 aliphatic carbocycles. The predicted molar refractivity (Wildman–Crippen MR) is 65.5 cm³/mol. The molecule has 0 spiro atoms. The summed E-state index contributed by atoms with van der Waals surface area (Å²) < 4.78 is 5.50. The lowest BCUT2D eigenvalue weighted by molar-refractivity contribution is 0.448. The molecular weight excluding hydrogens is 214 g/mol. The van der Waals surface area contributed by atoms with Crippen molar-refractivity contribution in [1.82, 2.24) is 15.3 Å². The van der Waals surface area contributed by atoms with Crippen LogP contribution >= 0.6 is 0 Å². The Bertz CT molecular complexity index is 486. The molecule has 0 unspecified atom stereocenters. The fourth-order valence-corrected chi connectivity index (χ4v) is 1.62. The van der Waals surface area contributed by atoms with E-state index in [-0.39, 0.29) is 0 Å². The number of nitrogens with one attached hydrogen (secondary N) is 1. The topological polar surface area (TPSA) is 51.0 Å². The number of oxazole rings is 1. The minimum absolute atomic E-state index is 0.649. The van der Waals surface area contributed by atoms with Crippen molar-refractivity contribution in [2.24, 2.45) is 0 Å². The molecular formula is C13H17N3O. The predicted octanol–water partition coefficient (Wildman–Crippen LogP) is 2.28. The molecule has 4 nitrogen and oxygen atoms in total. The lowest BCUT2D eigenvalue weighted by atomic mass is 10.1. The van der Waals surface area contributed by atoms with Crippen LogP contribution in [0.2, 0.25) is 0 Å². The lowest BCUT2D eigenvalue weighted by Crippen LogP contribution is -2.13. The Labute approximate surface area is 101 Å². The molecule has 0 amide bonds. The van der Waals surface area contributed by atoms with Crippen LogP contribution in [0.5, 0.6) is 0 Å². The van der Waals surface area contributed by atoms with E-state index in [1.54, 1.807) is 0 Å². The van der Waals surface area contributed by atoms with Gasteiger partial charge in [0.1, 0.15) is 5.76 Å². The minimum Gasteiger partial charge on any atom is -0.444 e. The summed E-state index contributed by atoms with van der Waals surface area (Å²) in [6.07, 6.45) is 3.68. The van der Waals surface area contributed by atoms with Crippen molar-refractivity contribution in [3.8, 4) is 0 Å². The van der Waals surface area contributed by atoms with Gasteiger partial charge in [0, 0.05) is 18.9 Å². The zero-order valence-corrected chi connectivity index (χ0v) is 10.4. The number of pyridine rings is 1. The average Bonchev–Trinajstić information content (AvgIpc) is 2.61. The maximum atomic E-state index is 5.50. The first-order valence-corrected chi connectivity index (χ1v) is 5.70. The first-order valence-electron chi connectivity index (χ1n) is 5.70. The van der Waals surface area contributed by atoms with E-state index in [0.717, 1.165) is 23.9 Å². The summed E-state index contributed by atoms with van der Waals surface area (Å²) in [5, 5.41) is 3.32. The van der Waals surface area contributed by atoms with Crippen LogP contribution in [0.4, 0.5) is 0 Å². The second kappa shape index (κ2) is 5.10. The highest BCUT2D eigenvalue weighted by Gasteiger charge is 2.05. The molecule has 2 aromatic heterocycles. The number of nitrogens with zero attached hydrogens (tertiary/aromatic N) is 2. The van der Waals surface area contributed by atoms with Crippen molar-refractivity contribution < 1.29 is 4.42 Å². The van der Waals surface area contributed by atoms with Gasteiger partial charge in [-0.25, -0.2) is 4.98 Å². The zero-order valence-electron chi connectivity index (χ0n) is 10.4. The van der Waals surface area contributed by atoms with Gasteiger partial charge in [0.2, 0.25) is 5.89 Å². The zero-order chi connectivity index (χ0) is 12.3. The van der Waals surface area contributed by atoms with Gasteiger partial charge in [-0.2, -0.15) is 0 Å². The fourth-order valence-electron chi connectivity index (χ4n) is 1.62. The third-order valence-corrected chi connectivity index (χ3v) is 2.80. The molecule has 1 N–H and O–H groups in total. The Hall–Kier alpha value is -1.68. The van der Waals surface area contributed by atoms with Crippen molar-refractivity contribution in [1.29, 1.82) is 0 Å². The highest BCUT2D eigenvalue weighted by molar-refractivity contribution is 5.21. The van der Waals surface area contributed by atoms with E-state index in [9.17, 15) is 0 Å². The largest absolute Gasteiger partial charge is 0.444 e. The van der Waals surface area contributed by atoms with E-state index in [4.69, 9.17) is 4.42 Å². The average molecular weight is 231 g/mol. The van der Waals surface area contributed by atoms with E-state index < -0.39 is 0 Å². The van der Waals surface area contributed by atoms with E-state index in [2.05, 4.69) is 22.2 Å². The summed E-state index contributed by atoms with van der Waals surface area (Å²) in [6, 6.07) is 2.02. The number of hydrogen-bond donors (Lipinski definition) is 1. The standard InChI is InChI=1S/C13H17N3O/c1-9-6-14-5-4-12(9)7-15-8-13-16-10(2)11(3)17-13/h4-6,15H,7-8H2,1-3H3. The minimum atomic E-state index is 0.649. The maximum Gasteiger partial charge on any atom is 0.208 e. The molecule has 2 rings (SSSR count). The molecule has 2 heterocycles. The van der Waals surface area contributed by atoms with E-state index in [0.29, 0.717) is 6.54 Å². The number of hydrogen-bond acceptors (Lipinski definition) is 4. The Morgan fingerprint density at radius 3 is 2.71 bits per heavy atom. The van der Waals surface area contributed by atoms with Gasteiger partial charge in [0.15, 0.2) is 0 Å². The Kier molecular flexibility index (Phi) is 3.54.